The average Bonchev–Trinajstić information content (AvgIpc) is 3.37. The van der Waals surface area contributed by atoms with Crippen molar-refractivity contribution in [3.63, 3.8) is 0 Å². The number of rotatable bonds is 9. The van der Waals surface area contributed by atoms with Crippen LogP contribution < -0.4 is 10.6 Å². The number of carbonyl (C=O) groups is 1. The van der Waals surface area contributed by atoms with Crippen LogP contribution in [0.5, 0.6) is 0 Å². The molecule has 208 valence electrons. The highest BCUT2D eigenvalue weighted by atomic mass is 35.5. The molecule has 40 heavy (non-hydrogen) atoms. The molecule has 1 heterocycles. The lowest BCUT2D eigenvalue weighted by molar-refractivity contribution is 0.228. The van der Waals surface area contributed by atoms with E-state index in [1.165, 1.54) is 30.3 Å². The molecule has 0 saturated heterocycles. The van der Waals surface area contributed by atoms with Crippen molar-refractivity contribution >= 4 is 41.0 Å². The minimum Gasteiger partial charge on any atom is -0.335 e. The van der Waals surface area contributed by atoms with Crippen molar-refractivity contribution in [1.29, 1.82) is 0 Å². The lowest BCUT2D eigenvalue weighted by Gasteiger charge is -2.25. The molecular formula is C30H30Cl2FN5OS. The van der Waals surface area contributed by atoms with Crippen molar-refractivity contribution in [3.8, 4) is 5.69 Å². The Morgan fingerprint density at radius 2 is 1.73 bits per heavy atom. The number of nitrogens with zero attached hydrogens (tertiary/aromatic N) is 3. The maximum atomic E-state index is 13.4. The number of hydrogen-bond acceptors (Lipinski definition) is 4. The van der Waals surface area contributed by atoms with E-state index in [1.807, 2.05) is 41.0 Å². The van der Waals surface area contributed by atoms with Gasteiger partial charge in [0.15, 0.2) is 11.0 Å². The van der Waals surface area contributed by atoms with Gasteiger partial charge in [0.1, 0.15) is 5.82 Å². The van der Waals surface area contributed by atoms with Crippen molar-refractivity contribution in [3.05, 3.63) is 106 Å². The number of nitrogens with one attached hydrogen (secondary N) is 2. The summed E-state index contributed by atoms with van der Waals surface area (Å²) in [6, 6.07) is 21.0. The maximum Gasteiger partial charge on any atom is 0.315 e. The standard InChI is InChI=1S/C30H30Cl2FN5OS/c31-22-13-16-27(25(32)18-22)38-28(36-37-30(38)40-19-21-11-14-23(33)15-12-21)26(17-20-7-3-1-4-8-20)35-29(39)34-24-9-5-2-6-10-24/h1,3-4,7-8,11-16,18,24,26H,2,5-6,9-10,17,19H2,(H2,34,35,39). The monoisotopic (exact) mass is 597 g/mol. The van der Waals surface area contributed by atoms with Gasteiger partial charge in [-0.05, 0) is 54.3 Å². The summed E-state index contributed by atoms with van der Waals surface area (Å²) in [5, 5.41) is 16.9. The second-order valence-electron chi connectivity index (χ2n) is 9.88. The summed E-state index contributed by atoms with van der Waals surface area (Å²) in [5.41, 5.74) is 2.64. The first-order valence-corrected chi connectivity index (χ1v) is 15.1. The SMILES string of the molecule is O=C(NC1CCCCC1)NC(Cc1ccccc1)c1nnc(SCc2ccc(F)cc2)n1-c1ccc(Cl)cc1Cl. The topological polar surface area (TPSA) is 71.8 Å². The highest BCUT2D eigenvalue weighted by molar-refractivity contribution is 7.98. The lowest BCUT2D eigenvalue weighted by atomic mass is 9.96. The zero-order chi connectivity index (χ0) is 27.9. The Kier molecular flexibility index (Phi) is 9.62. The summed E-state index contributed by atoms with van der Waals surface area (Å²) >= 11 is 14.4. The van der Waals surface area contributed by atoms with E-state index < -0.39 is 6.04 Å². The van der Waals surface area contributed by atoms with Crippen LogP contribution in [0, 0.1) is 5.82 Å². The van der Waals surface area contributed by atoms with Gasteiger partial charge in [-0.15, -0.1) is 10.2 Å². The van der Waals surface area contributed by atoms with Crippen molar-refractivity contribution in [1.82, 2.24) is 25.4 Å². The van der Waals surface area contributed by atoms with Gasteiger partial charge < -0.3 is 10.6 Å². The molecule has 0 radical (unpaired) electrons. The molecule has 0 bridgehead atoms. The summed E-state index contributed by atoms with van der Waals surface area (Å²) in [6.07, 6.45) is 5.92. The summed E-state index contributed by atoms with van der Waals surface area (Å²) in [6.45, 7) is 0. The maximum absolute atomic E-state index is 13.4. The number of urea groups is 1. The van der Waals surface area contributed by atoms with Crippen molar-refractivity contribution < 1.29 is 9.18 Å². The quantitative estimate of drug-likeness (QED) is 0.192. The van der Waals surface area contributed by atoms with Gasteiger partial charge in [-0.1, -0.05) is 96.7 Å². The molecule has 0 aliphatic heterocycles. The molecule has 1 unspecified atom stereocenters. The highest BCUT2D eigenvalue weighted by Gasteiger charge is 2.27. The number of thioether (sulfide) groups is 1. The van der Waals surface area contributed by atoms with Gasteiger partial charge in [-0.2, -0.15) is 0 Å². The number of aromatic nitrogens is 3. The van der Waals surface area contributed by atoms with Gasteiger partial charge >= 0.3 is 6.03 Å². The largest absolute Gasteiger partial charge is 0.335 e. The van der Waals surface area contributed by atoms with Crippen LogP contribution in [0.4, 0.5) is 9.18 Å². The van der Waals surface area contributed by atoms with Crippen molar-refractivity contribution in [2.24, 2.45) is 0 Å². The van der Waals surface area contributed by atoms with E-state index >= 15 is 0 Å². The van der Waals surface area contributed by atoms with Crippen LogP contribution in [-0.2, 0) is 12.2 Å². The number of halogens is 3. The third kappa shape index (κ3) is 7.36. The second kappa shape index (κ2) is 13.5. The van der Waals surface area contributed by atoms with Gasteiger partial charge in [0.2, 0.25) is 0 Å². The van der Waals surface area contributed by atoms with Gasteiger partial charge in [0.25, 0.3) is 0 Å². The van der Waals surface area contributed by atoms with Crippen molar-refractivity contribution in [2.75, 3.05) is 0 Å². The first kappa shape index (κ1) is 28.5. The summed E-state index contributed by atoms with van der Waals surface area (Å²) in [7, 11) is 0. The fourth-order valence-electron chi connectivity index (χ4n) is 4.91. The van der Waals surface area contributed by atoms with E-state index in [2.05, 4.69) is 20.8 Å². The predicted molar refractivity (Wildman–Crippen MR) is 159 cm³/mol. The van der Waals surface area contributed by atoms with Crippen LogP contribution in [-0.4, -0.2) is 26.8 Å². The zero-order valence-electron chi connectivity index (χ0n) is 21.8. The number of hydrogen-bond donors (Lipinski definition) is 2. The Morgan fingerprint density at radius 1 is 0.975 bits per heavy atom. The normalized spacial score (nSPS) is 14.6. The second-order valence-corrected chi connectivity index (χ2v) is 11.7. The molecule has 4 aromatic rings. The van der Waals surface area contributed by atoms with Crippen LogP contribution in [0.25, 0.3) is 5.69 Å². The molecule has 1 aliphatic rings. The molecule has 10 heteroatoms. The smallest absolute Gasteiger partial charge is 0.315 e. The summed E-state index contributed by atoms with van der Waals surface area (Å²) in [4.78, 5) is 13.2. The lowest BCUT2D eigenvalue weighted by Crippen LogP contribution is -2.45. The first-order valence-electron chi connectivity index (χ1n) is 13.3. The van der Waals surface area contributed by atoms with Crippen LogP contribution in [0.2, 0.25) is 10.0 Å². The van der Waals surface area contributed by atoms with Crippen LogP contribution in [0.15, 0.2) is 78.0 Å². The molecule has 5 rings (SSSR count). The number of amides is 2. The van der Waals surface area contributed by atoms with E-state index in [1.54, 1.807) is 24.3 Å². The fraction of sp³-hybridized carbons (Fsp3) is 0.300. The van der Waals surface area contributed by atoms with Crippen LogP contribution in [0.1, 0.15) is 55.1 Å². The molecule has 6 nitrogen and oxygen atoms in total. The molecule has 3 aromatic carbocycles. The molecule has 1 fully saturated rings. The average molecular weight is 599 g/mol. The van der Waals surface area contributed by atoms with Gasteiger partial charge in [0.05, 0.1) is 16.8 Å². The van der Waals surface area contributed by atoms with E-state index in [-0.39, 0.29) is 17.9 Å². The Hall–Kier alpha value is -3.07. The number of carbonyl (C=O) groups excluding carboxylic acids is 1. The third-order valence-corrected chi connectivity index (χ3v) is 8.47. The fourth-order valence-corrected chi connectivity index (χ4v) is 6.31. The molecule has 0 spiro atoms. The predicted octanol–water partition coefficient (Wildman–Crippen LogP) is 7.92. The van der Waals surface area contributed by atoms with Crippen molar-refractivity contribution in [2.45, 2.75) is 61.5 Å². The molecule has 2 amide bonds. The summed E-state index contributed by atoms with van der Waals surface area (Å²) in [5.74, 6) is 0.810. The Balaban J connectivity index is 1.49. The first-order chi connectivity index (χ1) is 19.5. The third-order valence-electron chi connectivity index (χ3n) is 6.93. The van der Waals surface area contributed by atoms with Crippen LogP contribution in [0.3, 0.4) is 0 Å². The molecule has 1 atom stereocenters. The molecule has 1 saturated carbocycles. The Bertz CT molecular complexity index is 1430. The minimum absolute atomic E-state index is 0.163. The zero-order valence-corrected chi connectivity index (χ0v) is 24.2. The molecule has 1 aromatic heterocycles. The van der Waals surface area contributed by atoms with E-state index in [4.69, 9.17) is 23.2 Å². The minimum atomic E-state index is -0.495. The van der Waals surface area contributed by atoms with E-state index in [0.29, 0.717) is 38.9 Å². The Morgan fingerprint density at radius 3 is 2.45 bits per heavy atom. The van der Waals surface area contributed by atoms with E-state index in [9.17, 15) is 9.18 Å². The molecule has 2 N–H and O–H groups in total. The van der Waals surface area contributed by atoms with Gasteiger partial charge in [-0.25, -0.2) is 9.18 Å². The van der Waals surface area contributed by atoms with E-state index in [0.717, 1.165) is 36.8 Å². The van der Waals surface area contributed by atoms with Crippen LogP contribution >= 0.6 is 35.0 Å². The van der Waals surface area contributed by atoms with Gasteiger partial charge in [-0.3, -0.25) is 4.57 Å². The van der Waals surface area contributed by atoms with Gasteiger partial charge in [0, 0.05) is 23.2 Å². The Labute approximate surface area is 247 Å². The highest BCUT2D eigenvalue weighted by Crippen LogP contribution is 2.33. The molecular weight excluding hydrogens is 568 g/mol. The summed E-state index contributed by atoms with van der Waals surface area (Å²) < 4.78 is 15.3. The molecule has 1 aliphatic carbocycles. The number of benzene rings is 3.